The number of carbonyl (C=O) groups is 2. The fraction of sp³-hybridized carbons (Fsp3) is 0.0667. The molecule has 0 aliphatic heterocycles. The van der Waals surface area contributed by atoms with Crippen molar-refractivity contribution in [2.24, 2.45) is 0 Å². The van der Waals surface area contributed by atoms with Gasteiger partial charge in [0.1, 0.15) is 0 Å². The summed E-state index contributed by atoms with van der Waals surface area (Å²) in [4.78, 5) is 19.9. The number of aromatic nitrogens is 3. The fourth-order valence-corrected chi connectivity index (χ4v) is 2.08. The number of nitrogens with zero attached hydrogens (tertiary/aromatic N) is 2. The Morgan fingerprint density at radius 3 is 2.26 bits per heavy atom. The minimum atomic E-state index is -5.08. The van der Waals surface area contributed by atoms with Gasteiger partial charge in [-0.25, -0.2) is 14.7 Å². The Morgan fingerprint density at radius 2 is 1.67 bits per heavy atom. The molecule has 142 valence electrons. The van der Waals surface area contributed by atoms with Gasteiger partial charge in [0.15, 0.2) is 11.5 Å². The highest BCUT2D eigenvalue weighted by Gasteiger charge is 2.38. The Labute approximate surface area is 153 Å². The van der Waals surface area contributed by atoms with Crippen LogP contribution in [0.3, 0.4) is 0 Å². The summed E-state index contributed by atoms with van der Waals surface area (Å²) in [5.74, 6) is -3.71. The van der Waals surface area contributed by atoms with Gasteiger partial charge in [-0.1, -0.05) is 28.9 Å². The van der Waals surface area contributed by atoms with Crippen molar-refractivity contribution < 1.29 is 33.0 Å². The van der Waals surface area contributed by atoms with Crippen LogP contribution in [0.4, 0.5) is 24.7 Å². The molecule has 0 aliphatic carbocycles. The van der Waals surface area contributed by atoms with Gasteiger partial charge in [0, 0.05) is 10.7 Å². The van der Waals surface area contributed by atoms with Crippen molar-refractivity contribution in [2.75, 3.05) is 5.32 Å². The van der Waals surface area contributed by atoms with Crippen LogP contribution in [0.15, 0.2) is 36.4 Å². The van der Waals surface area contributed by atoms with Gasteiger partial charge in [0.2, 0.25) is 0 Å². The van der Waals surface area contributed by atoms with Crippen LogP contribution in [0.5, 0.6) is 0 Å². The number of hydrogen-bond acceptors (Lipinski definition) is 5. The first-order valence-corrected chi connectivity index (χ1v) is 7.36. The summed E-state index contributed by atoms with van der Waals surface area (Å²) >= 11 is 5.93. The molecule has 0 bridgehead atoms. The highest BCUT2D eigenvalue weighted by Crippen LogP contribution is 2.24. The first kappa shape index (κ1) is 20.0. The minimum absolute atomic E-state index is 0.0822. The second kappa shape index (κ2) is 7.91. The van der Waals surface area contributed by atoms with E-state index in [0.717, 1.165) is 16.5 Å². The van der Waals surface area contributed by atoms with Crippen molar-refractivity contribution in [1.29, 1.82) is 0 Å². The van der Waals surface area contributed by atoms with Crippen molar-refractivity contribution >= 4 is 45.8 Å². The zero-order valence-electron chi connectivity index (χ0n) is 13.1. The summed E-state index contributed by atoms with van der Waals surface area (Å²) < 4.78 is 31.7. The zero-order valence-corrected chi connectivity index (χ0v) is 13.8. The molecule has 0 amide bonds. The Kier molecular flexibility index (Phi) is 5.85. The highest BCUT2D eigenvalue weighted by atomic mass is 35.5. The molecule has 3 rings (SSSR count). The van der Waals surface area contributed by atoms with Crippen molar-refractivity contribution in [1.82, 2.24) is 15.4 Å². The number of rotatable bonds is 3. The summed E-state index contributed by atoms with van der Waals surface area (Å²) in [6.07, 6.45) is -5.08. The van der Waals surface area contributed by atoms with Gasteiger partial charge < -0.3 is 15.5 Å². The second-order valence-corrected chi connectivity index (χ2v) is 5.41. The number of hydrogen-bond donors (Lipinski definition) is 4. The van der Waals surface area contributed by atoms with E-state index in [2.05, 4.69) is 20.7 Å². The molecule has 0 spiro atoms. The lowest BCUT2D eigenvalue weighted by molar-refractivity contribution is -0.192. The second-order valence-electron chi connectivity index (χ2n) is 4.97. The Balaban J connectivity index is 0.000000321. The molecule has 0 unspecified atom stereocenters. The maximum atomic E-state index is 11.0. The number of aliphatic carboxylic acids is 1. The van der Waals surface area contributed by atoms with E-state index in [4.69, 9.17) is 26.6 Å². The molecule has 1 aromatic heterocycles. The van der Waals surface area contributed by atoms with E-state index in [0.29, 0.717) is 5.02 Å². The number of carboxylic acids is 2. The van der Waals surface area contributed by atoms with Crippen molar-refractivity contribution in [3.63, 3.8) is 0 Å². The largest absolute Gasteiger partial charge is 0.490 e. The molecule has 2 aromatic carbocycles. The maximum Gasteiger partial charge on any atom is 0.490 e. The van der Waals surface area contributed by atoms with Gasteiger partial charge in [-0.2, -0.15) is 13.2 Å². The van der Waals surface area contributed by atoms with Gasteiger partial charge in [0.25, 0.3) is 0 Å². The van der Waals surface area contributed by atoms with Crippen LogP contribution >= 0.6 is 11.6 Å². The number of alkyl halides is 3. The van der Waals surface area contributed by atoms with Crippen LogP contribution in [-0.4, -0.2) is 43.7 Å². The quantitative estimate of drug-likeness (QED) is 0.526. The van der Waals surface area contributed by atoms with Crippen LogP contribution in [0.1, 0.15) is 10.5 Å². The number of H-pyrrole nitrogens is 1. The third-order valence-corrected chi connectivity index (χ3v) is 3.31. The van der Waals surface area contributed by atoms with Gasteiger partial charge in [-0.15, -0.1) is 5.10 Å². The predicted octanol–water partition coefficient (Wildman–Crippen LogP) is 3.69. The smallest absolute Gasteiger partial charge is 0.476 e. The molecule has 0 radical (unpaired) electrons. The fourth-order valence-electron chi connectivity index (χ4n) is 1.90. The highest BCUT2D eigenvalue weighted by molar-refractivity contribution is 6.31. The normalized spacial score (nSPS) is 10.8. The van der Waals surface area contributed by atoms with Crippen molar-refractivity contribution in [2.45, 2.75) is 6.18 Å². The number of aromatic amines is 1. The Bertz CT molecular complexity index is 991. The number of fused-ring (bicyclic) bond motifs is 1. The van der Waals surface area contributed by atoms with E-state index in [1.54, 1.807) is 6.07 Å². The zero-order chi connectivity index (χ0) is 20.2. The topological polar surface area (TPSA) is 128 Å². The summed E-state index contributed by atoms with van der Waals surface area (Å²) in [5, 5.41) is 31.2. The van der Waals surface area contributed by atoms with Crippen molar-refractivity contribution in [3.8, 4) is 0 Å². The summed E-state index contributed by atoms with van der Waals surface area (Å²) in [5.41, 5.74) is 0.637. The third kappa shape index (κ3) is 5.31. The Hall–Kier alpha value is -3.34. The monoisotopic (exact) mass is 402 g/mol. The molecule has 8 nitrogen and oxygen atoms in total. The molecule has 0 saturated heterocycles. The van der Waals surface area contributed by atoms with Crippen molar-refractivity contribution in [3.05, 3.63) is 47.1 Å². The van der Waals surface area contributed by atoms with Crippen LogP contribution in [0.2, 0.25) is 5.02 Å². The van der Waals surface area contributed by atoms with E-state index in [9.17, 15) is 18.0 Å². The Morgan fingerprint density at radius 1 is 1.07 bits per heavy atom. The molecule has 4 N–H and O–H groups in total. The number of benzene rings is 2. The lowest BCUT2D eigenvalue weighted by Gasteiger charge is -2.05. The van der Waals surface area contributed by atoms with E-state index >= 15 is 0 Å². The van der Waals surface area contributed by atoms with E-state index in [1.165, 1.54) is 0 Å². The van der Waals surface area contributed by atoms with Gasteiger partial charge >= 0.3 is 18.1 Å². The molecule has 1 heterocycles. The molecule has 0 atom stereocenters. The molecule has 3 aromatic rings. The van der Waals surface area contributed by atoms with Crippen LogP contribution in [0, 0.1) is 0 Å². The van der Waals surface area contributed by atoms with E-state index in [1.807, 2.05) is 30.3 Å². The SMILES string of the molecule is O=C(O)C(F)(F)F.O=C(O)c1[nH]nnc1Nc1ccc2cc(Cl)ccc2c1. The number of carboxylic acid groups (broad SMARTS) is 2. The maximum absolute atomic E-state index is 11.0. The number of halogens is 4. The van der Waals surface area contributed by atoms with E-state index in [-0.39, 0.29) is 11.5 Å². The van der Waals surface area contributed by atoms with Crippen LogP contribution < -0.4 is 5.32 Å². The first-order chi connectivity index (χ1) is 12.6. The van der Waals surface area contributed by atoms with E-state index < -0.39 is 18.1 Å². The average molecular weight is 403 g/mol. The van der Waals surface area contributed by atoms with Gasteiger partial charge in [-0.3, -0.25) is 0 Å². The minimum Gasteiger partial charge on any atom is -0.476 e. The lowest BCUT2D eigenvalue weighted by Crippen LogP contribution is -2.21. The number of anilines is 2. The molecule has 0 aliphatic rings. The first-order valence-electron chi connectivity index (χ1n) is 6.98. The predicted molar refractivity (Wildman–Crippen MR) is 89.3 cm³/mol. The molecule has 27 heavy (non-hydrogen) atoms. The standard InChI is InChI=1S/C13H9ClN4O2.C2HF3O2/c14-9-3-1-8-6-10(4-2-7(8)5-9)15-12-11(13(19)20)16-18-17-12;3-2(4,5)1(6)7/h1-6H,(H,19,20)(H2,15,16,17,18);(H,6,7). The van der Waals surface area contributed by atoms with Gasteiger partial charge in [0.05, 0.1) is 0 Å². The summed E-state index contributed by atoms with van der Waals surface area (Å²) in [6, 6.07) is 11.1. The van der Waals surface area contributed by atoms with Crippen LogP contribution in [-0.2, 0) is 4.79 Å². The molecular weight excluding hydrogens is 393 g/mol. The molecule has 0 saturated carbocycles. The van der Waals surface area contributed by atoms with Gasteiger partial charge in [-0.05, 0) is 35.0 Å². The lowest BCUT2D eigenvalue weighted by atomic mass is 10.1. The summed E-state index contributed by atoms with van der Waals surface area (Å²) in [7, 11) is 0. The molecular formula is C15H10ClF3N4O4. The number of aromatic carboxylic acids is 1. The summed E-state index contributed by atoms with van der Waals surface area (Å²) in [6.45, 7) is 0. The average Bonchev–Trinajstić information content (AvgIpc) is 3.03. The molecule has 12 heteroatoms. The third-order valence-electron chi connectivity index (χ3n) is 3.07. The molecule has 0 fully saturated rings. The number of nitrogens with one attached hydrogen (secondary N) is 2. The van der Waals surface area contributed by atoms with Crippen LogP contribution in [0.25, 0.3) is 10.8 Å².